The summed E-state index contributed by atoms with van der Waals surface area (Å²) in [5, 5.41) is 3.13. The molecule has 13 heavy (non-hydrogen) atoms. The summed E-state index contributed by atoms with van der Waals surface area (Å²) in [7, 11) is 0. The molecule has 72 valence electrons. The van der Waals surface area contributed by atoms with Gasteiger partial charge in [0, 0.05) is 25.1 Å². The van der Waals surface area contributed by atoms with Crippen LogP contribution in [0.15, 0.2) is 16.3 Å². The number of hydrogen-bond donors (Lipinski definition) is 2. The molecule has 0 bridgehead atoms. The summed E-state index contributed by atoms with van der Waals surface area (Å²) in [5.74, 6) is 0.586. The van der Waals surface area contributed by atoms with E-state index >= 15 is 0 Å². The first-order valence-electron chi connectivity index (χ1n) is 4.35. The Bertz CT molecular complexity index is 275. The maximum absolute atomic E-state index is 11.2. The molecular weight excluding hydrogens is 166 g/mol. The van der Waals surface area contributed by atoms with Crippen LogP contribution in [0.4, 0.5) is 0 Å². The standard InChI is InChI=1S/C9H15N3O/c1-6(13)8-5-11-4-3-9(8)12-7(2)10/h11H,3-5H2,1-2H3,(H2,10,12). The molecule has 0 aromatic carbocycles. The van der Waals surface area contributed by atoms with Gasteiger partial charge in [0.15, 0.2) is 5.78 Å². The number of nitrogens with two attached hydrogens (primary N) is 1. The molecule has 1 aliphatic rings. The Hall–Kier alpha value is -1.16. The lowest BCUT2D eigenvalue weighted by atomic mass is 10.0. The molecule has 0 saturated carbocycles. The Kier molecular flexibility index (Phi) is 3.19. The van der Waals surface area contributed by atoms with Crippen molar-refractivity contribution in [2.24, 2.45) is 10.7 Å². The highest BCUT2D eigenvalue weighted by molar-refractivity contribution is 5.95. The van der Waals surface area contributed by atoms with E-state index in [9.17, 15) is 4.79 Å². The molecule has 1 heterocycles. The first-order valence-corrected chi connectivity index (χ1v) is 4.35. The van der Waals surface area contributed by atoms with Gasteiger partial charge >= 0.3 is 0 Å². The van der Waals surface area contributed by atoms with Gasteiger partial charge in [-0.2, -0.15) is 0 Å². The number of nitrogens with zero attached hydrogens (tertiary/aromatic N) is 1. The van der Waals surface area contributed by atoms with Crippen molar-refractivity contribution in [1.82, 2.24) is 5.32 Å². The van der Waals surface area contributed by atoms with Crippen molar-refractivity contribution in [2.75, 3.05) is 13.1 Å². The Balaban J connectivity index is 2.97. The van der Waals surface area contributed by atoms with E-state index < -0.39 is 0 Å². The Labute approximate surface area is 77.9 Å². The summed E-state index contributed by atoms with van der Waals surface area (Å²) < 4.78 is 0. The van der Waals surface area contributed by atoms with Crippen molar-refractivity contribution in [1.29, 1.82) is 0 Å². The first-order chi connectivity index (χ1) is 6.11. The average Bonchev–Trinajstić information content (AvgIpc) is 2.03. The van der Waals surface area contributed by atoms with E-state index in [-0.39, 0.29) is 5.78 Å². The number of aliphatic imine (C=N–C) groups is 1. The van der Waals surface area contributed by atoms with Crippen molar-refractivity contribution in [3.63, 3.8) is 0 Å². The topological polar surface area (TPSA) is 67.5 Å². The van der Waals surface area contributed by atoms with Crippen LogP contribution in [0.2, 0.25) is 0 Å². The zero-order chi connectivity index (χ0) is 9.84. The molecule has 0 fully saturated rings. The van der Waals surface area contributed by atoms with E-state index in [2.05, 4.69) is 10.3 Å². The molecular formula is C9H15N3O. The summed E-state index contributed by atoms with van der Waals surface area (Å²) in [6.07, 6.45) is 0.781. The molecule has 1 rings (SSSR count). The predicted octanol–water partition coefficient (Wildman–Crippen LogP) is 0.200. The largest absolute Gasteiger partial charge is 0.387 e. The minimum absolute atomic E-state index is 0.0761. The quantitative estimate of drug-likeness (QED) is 0.472. The Morgan fingerprint density at radius 3 is 2.77 bits per heavy atom. The number of rotatable bonds is 2. The lowest BCUT2D eigenvalue weighted by molar-refractivity contribution is -0.113. The van der Waals surface area contributed by atoms with E-state index in [0.717, 1.165) is 24.2 Å². The van der Waals surface area contributed by atoms with Crippen LogP contribution in [-0.2, 0) is 4.79 Å². The fourth-order valence-corrected chi connectivity index (χ4v) is 1.34. The summed E-state index contributed by atoms with van der Waals surface area (Å²) in [5.41, 5.74) is 7.07. The van der Waals surface area contributed by atoms with Gasteiger partial charge in [-0.05, 0) is 13.8 Å². The SMILES string of the molecule is CC(=O)C1=C(N=C(C)N)CCNC1. The van der Waals surface area contributed by atoms with Crippen molar-refractivity contribution in [2.45, 2.75) is 20.3 Å². The van der Waals surface area contributed by atoms with Crippen LogP contribution in [0.3, 0.4) is 0 Å². The number of carbonyl (C=O) groups is 1. The smallest absolute Gasteiger partial charge is 0.158 e. The van der Waals surface area contributed by atoms with E-state index in [1.54, 1.807) is 13.8 Å². The van der Waals surface area contributed by atoms with Gasteiger partial charge in [-0.15, -0.1) is 0 Å². The van der Waals surface area contributed by atoms with E-state index in [1.165, 1.54) is 0 Å². The van der Waals surface area contributed by atoms with Crippen LogP contribution in [-0.4, -0.2) is 24.7 Å². The Morgan fingerprint density at radius 2 is 2.23 bits per heavy atom. The van der Waals surface area contributed by atoms with Gasteiger partial charge in [0.1, 0.15) is 0 Å². The predicted molar refractivity (Wildman–Crippen MR) is 52.5 cm³/mol. The molecule has 0 aromatic rings. The molecule has 0 unspecified atom stereocenters. The summed E-state index contributed by atoms with van der Waals surface area (Å²) in [4.78, 5) is 15.3. The molecule has 4 nitrogen and oxygen atoms in total. The van der Waals surface area contributed by atoms with Crippen molar-refractivity contribution >= 4 is 11.6 Å². The number of Topliss-reactive ketones (excluding diaryl/α,β-unsaturated/α-hetero) is 1. The molecule has 0 amide bonds. The van der Waals surface area contributed by atoms with Gasteiger partial charge in [0.25, 0.3) is 0 Å². The maximum Gasteiger partial charge on any atom is 0.158 e. The highest BCUT2D eigenvalue weighted by Gasteiger charge is 2.14. The summed E-state index contributed by atoms with van der Waals surface area (Å²) >= 11 is 0. The van der Waals surface area contributed by atoms with Crippen LogP contribution in [0.1, 0.15) is 20.3 Å². The lowest BCUT2D eigenvalue weighted by Gasteiger charge is -2.16. The van der Waals surface area contributed by atoms with Crippen molar-refractivity contribution < 1.29 is 4.79 Å². The normalized spacial score (nSPS) is 19.1. The van der Waals surface area contributed by atoms with Crippen LogP contribution in [0.5, 0.6) is 0 Å². The second-order valence-corrected chi connectivity index (χ2v) is 3.16. The zero-order valence-electron chi connectivity index (χ0n) is 8.05. The zero-order valence-corrected chi connectivity index (χ0v) is 8.05. The number of amidine groups is 1. The first kappa shape index (κ1) is 9.92. The van der Waals surface area contributed by atoms with E-state index in [0.29, 0.717) is 12.4 Å². The molecule has 0 atom stereocenters. The van der Waals surface area contributed by atoms with Crippen LogP contribution in [0, 0.1) is 0 Å². The second-order valence-electron chi connectivity index (χ2n) is 3.16. The number of carbonyl (C=O) groups excluding carboxylic acids is 1. The number of hydrogen-bond acceptors (Lipinski definition) is 3. The fraction of sp³-hybridized carbons (Fsp3) is 0.556. The third-order valence-electron chi connectivity index (χ3n) is 1.92. The highest BCUT2D eigenvalue weighted by atomic mass is 16.1. The highest BCUT2D eigenvalue weighted by Crippen LogP contribution is 2.14. The van der Waals surface area contributed by atoms with Gasteiger partial charge < -0.3 is 11.1 Å². The van der Waals surface area contributed by atoms with Crippen LogP contribution >= 0.6 is 0 Å². The van der Waals surface area contributed by atoms with E-state index in [4.69, 9.17) is 5.73 Å². The molecule has 0 saturated heterocycles. The average molecular weight is 181 g/mol. The van der Waals surface area contributed by atoms with Crippen LogP contribution < -0.4 is 11.1 Å². The molecule has 0 radical (unpaired) electrons. The van der Waals surface area contributed by atoms with Gasteiger partial charge in [0.05, 0.1) is 11.5 Å². The minimum Gasteiger partial charge on any atom is -0.387 e. The van der Waals surface area contributed by atoms with Crippen LogP contribution in [0.25, 0.3) is 0 Å². The van der Waals surface area contributed by atoms with E-state index in [1.807, 2.05) is 0 Å². The van der Waals surface area contributed by atoms with Gasteiger partial charge in [0.2, 0.25) is 0 Å². The lowest BCUT2D eigenvalue weighted by Crippen LogP contribution is -2.28. The fourth-order valence-electron chi connectivity index (χ4n) is 1.34. The minimum atomic E-state index is 0.0761. The molecule has 0 aliphatic carbocycles. The monoisotopic (exact) mass is 181 g/mol. The third-order valence-corrected chi connectivity index (χ3v) is 1.92. The molecule has 1 aliphatic heterocycles. The van der Waals surface area contributed by atoms with Gasteiger partial charge in [-0.25, -0.2) is 4.99 Å². The summed E-state index contributed by atoms with van der Waals surface area (Å²) in [6.45, 7) is 4.76. The maximum atomic E-state index is 11.2. The number of ketones is 1. The number of nitrogens with one attached hydrogen (secondary N) is 1. The second kappa shape index (κ2) is 4.18. The summed E-state index contributed by atoms with van der Waals surface area (Å²) in [6, 6.07) is 0. The van der Waals surface area contributed by atoms with Crippen molar-refractivity contribution in [3.8, 4) is 0 Å². The molecule has 0 aromatic heterocycles. The van der Waals surface area contributed by atoms with Crippen molar-refractivity contribution in [3.05, 3.63) is 11.3 Å². The van der Waals surface area contributed by atoms with Gasteiger partial charge in [-0.3, -0.25) is 4.79 Å². The van der Waals surface area contributed by atoms with Gasteiger partial charge in [-0.1, -0.05) is 0 Å². The molecule has 3 N–H and O–H groups in total. The molecule has 0 spiro atoms. The third kappa shape index (κ3) is 2.66. The Morgan fingerprint density at radius 1 is 1.54 bits per heavy atom. The molecule has 4 heteroatoms.